The number of hydrogen-bond donors (Lipinski definition) is 0. The molecular formula is C20H25FN2O4. The van der Waals surface area contributed by atoms with E-state index in [2.05, 4.69) is 0 Å². The molecule has 1 heterocycles. The van der Waals surface area contributed by atoms with Crippen LogP contribution in [0.4, 0.5) is 9.18 Å². The van der Waals surface area contributed by atoms with Crippen LogP contribution in [0.2, 0.25) is 0 Å². The molecule has 7 heteroatoms. The predicted molar refractivity (Wildman–Crippen MR) is 99.4 cm³/mol. The second-order valence-corrected chi connectivity index (χ2v) is 7.43. The van der Waals surface area contributed by atoms with Gasteiger partial charge in [-0.15, -0.1) is 0 Å². The Morgan fingerprint density at radius 3 is 2.19 bits per heavy atom. The summed E-state index contributed by atoms with van der Waals surface area (Å²) in [7, 11) is 0. The van der Waals surface area contributed by atoms with Crippen molar-refractivity contribution in [2.45, 2.75) is 33.3 Å². The Morgan fingerprint density at radius 2 is 1.67 bits per heavy atom. The summed E-state index contributed by atoms with van der Waals surface area (Å²) in [6.45, 7) is 7.93. The summed E-state index contributed by atoms with van der Waals surface area (Å²) in [5.74, 6) is -1.25. The van der Waals surface area contributed by atoms with E-state index in [4.69, 9.17) is 4.74 Å². The number of ether oxygens (including phenoxy) is 1. The Morgan fingerprint density at radius 1 is 1.07 bits per heavy atom. The first kappa shape index (κ1) is 20.6. The average Bonchev–Trinajstić information content (AvgIpc) is 2.57. The molecular weight excluding hydrogens is 351 g/mol. The second-order valence-electron chi connectivity index (χ2n) is 7.43. The van der Waals surface area contributed by atoms with Gasteiger partial charge in [0.25, 0.3) is 5.91 Å². The van der Waals surface area contributed by atoms with E-state index in [1.54, 1.807) is 31.7 Å². The van der Waals surface area contributed by atoms with Crippen molar-refractivity contribution in [1.82, 2.24) is 9.80 Å². The van der Waals surface area contributed by atoms with Crippen molar-refractivity contribution in [1.29, 1.82) is 0 Å². The van der Waals surface area contributed by atoms with E-state index in [-0.39, 0.29) is 11.4 Å². The van der Waals surface area contributed by atoms with E-state index in [0.29, 0.717) is 31.7 Å². The molecule has 0 radical (unpaired) electrons. The van der Waals surface area contributed by atoms with Crippen LogP contribution in [0.1, 0.15) is 33.3 Å². The molecule has 1 aromatic rings. The van der Waals surface area contributed by atoms with Gasteiger partial charge in [-0.05, 0) is 51.5 Å². The molecule has 1 aliphatic rings. The van der Waals surface area contributed by atoms with Crippen LogP contribution in [0.25, 0.3) is 6.08 Å². The highest BCUT2D eigenvalue weighted by molar-refractivity contribution is 6.21. The Bertz CT molecular complexity index is 759. The maximum atomic E-state index is 13.4. The number of Topliss-reactive ketones (excluding diaryl/α,β-unsaturated/α-hetero) is 1. The zero-order valence-electron chi connectivity index (χ0n) is 16.1. The lowest BCUT2D eigenvalue weighted by Crippen LogP contribution is -2.52. The molecule has 0 aromatic heterocycles. The fourth-order valence-electron chi connectivity index (χ4n) is 2.67. The van der Waals surface area contributed by atoms with Crippen LogP contribution >= 0.6 is 0 Å². The maximum absolute atomic E-state index is 13.4. The number of amides is 2. The number of benzene rings is 1. The molecule has 1 aromatic carbocycles. The molecule has 0 aliphatic carbocycles. The van der Waals surface area contributed by atoms with Gasteiger partial charge in [-0.3, -0.25) is 9.59 Å². The third kappa shape index (κ3) is 5.91. The van der Waals surface area contributed by atoms with Gasteiger partial charge >= 0.3 is 6.09 Å². The molecule has 0 N–H and O–H groups in total. The Labute approximate surface area is 158 Å². The SMILES string of the molecule is CC(=O)C(=Cc1cccc(F)c1)C(=O)N1CCN(C(=O)OC(C)(C)C)CC1. The molecule has 2 amide bonds. The van der Waals surface area contributed by atoms with Crippen molar-refractivity contribution in [2.75, 3.05) is 26.2 Å². The monoisotopic (exact) mass is 376 g/mol. The molecule has 1 aliphatic heterocycles. The average molecular weight is 376 g/mol. The fraction of sp³-hybridized carbons (Fsp3) is 0.450. The first-order valence-electron chi connectivity index (χ1n) is 8.82. The zero-order chi connectivity index (χ0) is 20.2. The van der Waals surface area contributed by atoms with Gasteiger partial charge in [-0.25, -0.2) is 9.18 Å². The van der Waals surface area contributed by atoms with Gasteiger partial charge in [0.1, 0.15) is 11.4 Å². The van der Waals surface area contributed by atoms with Gasteiger partial charge in [-0.1, -0.05) is 12.1 Å². The highest BCUT2D eigenvalue weighted by atomic mass is 19.1. The largest absolute Gasteiger partial charge is 0.444 e. The number of nitrogens with zero attached hydrogens (tertiary/aromatic N) is 2. The highest BCUT2D eigenvalue weighted by Crippen LogP contribution is 2.16. The van der Waals surface area contributed by atoms with E-state index in [1.165, 1.54) is 36.1 Å². The van der Waals surface area contributed by atoms with E-state index >= 15 is 0 Å². The van der Waals surface area contributed by atoms with E-state index in [0.717, 1.165) is 0 Å². The van der Waals surface area contributed by atoms with Crippen molar-refractivity contribution in [3.05, 3.63) is 41.2 Å². The Balaban J connectivity index is 2.06. The summed E-state index contributed by atoms with van der Waals surface area (Å²) >= 11 is 0. The Hall–Kier alpha value is -2.70. The first-order valence-corrected chi connectivity index (χ1v) is 8.82. The van der Waals surface area contributed by atoms with Crippen molar-refractivity contribution in [3.63, 3.8) is 0 Å². The molecule has 0 unspecified atom stereocenters. The third-order valence-corrected chi connectivity index (χ3v) is 3.99. The molecule has 0 atom stereocenters. The lowest BCUT2D eigenvalue weighted by Gasteiger charge is -2.35. The first-order chi connectivity index (χ1) is 12.6. The normalized spacial score (nSPS) is 15.5. The van der Waals surface area contributed by atoms with Crippen molar-refractivity contribution >= 4 is 23.9 Å². The van der Waals surface area contributed by atoms with E-state index in [1.807, 2.05) is 0 Å². The van der Waals surface area contributed by atoms with Crippen LogP contribution < -0.4 is 0 Å². The summed E-state index contributed by atoms with van der Waals surface area (Å²) in [5.41, 5.74) is -0.147. The highest BCUT2D eigenvalue weighted by Gasteiger charge is 2.29. The molecule has 6 nitrogen and oxygen atoms in total. The topological polar surface area (TPSA) is 66.9 Å². The number of carbonyl (C=O) groups excluding carboxylic acids is 3. The van der Waals surface area contributed by atoms with Gasteiger partial charge < -0.3 is 14.5 Å². The fourth-order valence-corrected chi connectivity index (χ4v) is 2.67. The van der Waals surface area contributed by atoms with Crippen LogP contribution in [0, 0.1) is 5.82 Å². The van der Waals surface area contributed by atoms with Crippen LogP contribution in [0.15, 0.2) is 29.8 Å². The number of halogens is 1. The van der Waals surface area contributed by atoms with E-state index in [9.17, 15) is 18.8 Å². The summed E-state index contributed by atoms with van der Waals surface area (Å²) < 4.78 is 18.7. The van der Waals surface area contributed by atoms with Crippen molar-refractivity contribution in [3.8, 4) is 0 Å². The van der Waals surface area contributed by atoms with Gasteiger partial charge in [0.05, 0.1) is 5.57 Å². The standard InChI is InChI=1S/C20H25FN2O4/c1-14(24)17(13-15-6-5-7-16(21)12-15)18(25)22-8-10-23(11-9-22)19(26)27-20(2,3)4/h5-7,12-13H,8-11H2,1-4H3. The summed E-state index contributed by atoms with van der Waals surface area (Å²) in [6, 6.07) is 5.70. The summed E-state index contributed by atoms with van der Waals surface area (Å²) in [5, 5.41) is 0. The van der Waals surface area contributed by atoms with Crippen LogP contribution in [-0.2, 0) is 14.3 Å². The molecule has 146 valence electrons. The van der Waals surface area contributed by atoms with Crippen LogP contribution in [0.5, 0.6) is 0 Å². The maximum Gasteiger partial charge on any atom is 0.410 e. The number of carbonyl (C=O) groups is 3. The van der Waals surface area contributed by atoms with Gasteiger partial charge in [0.15, 0.2) is 5.78 Å². The minimum Gasteiger partial charge on any atom is -0.444 e. The van der Waals surface area contributed by atoms with Gasteiger partial charge in [0, 0.05) is 26.2 Å². The molecule has 1 fully saturated rings. The van der Waals surface area contributed by atoms with E-state index < -0.39 is 23.4 Å². The molecule has 0 spiro atoms. The number of rotatable bonds is 3. The van der Waals surface area contributed by atoms with Crippen molar-refractivity contribution in [2.24, 2.45) is 0 Å². The zero-order valence-corrected chi connectivity index (χ0v) is 16.1. The quantitative estimate of drug-likeness (QED) is 0.462. The van der Waals surface area contributed by atoms with Crippen LogP contribution in [-0.4, -0.2) is 59.4 Å². The molecule has 2 rings (SSSR count). The smallest absolute Gasteiger partial charge is 0.410 e. The third-order valence-electron chi connectivity index (χ3n) is 3.99. The lowest BCUT2D eigenvalue weighted by molar-refractivity contribution is -0.130. The summed E-state index contributed by atoms with van der Waals surface area (Å²) in [4.78, 5) is 39.9. The van der Waals surface area contributed by atoms with Gasteiger partial charge in [-0.2, -0.15) is 0 Å². The molecule has 0 bridgehead atoms. The predicted octanol–water partition coefficient (Wildman–Crippen LogP) is 2.88. The van der Waals surface area contributed by atoms with Crippen molar-refractivity contribution < 1.29 is 23.5 Å². The minimum absolute atomic E-state index is 0.00804. The minimum atomic E-state index is -0.584. The second kappa shape index (κ2) is 8.33. The molecule has 1 saturated heterocycles. The number of piperazine rings is 1. The lowest BCUT2D eigenvalue weighted by atomic mass is 10.1. The molecule has 0 saturated carbocycles. The van der Waals surface area contributed by atoms with Gasteiger partial charge in [0.2, 0.25) is 0 Å². The molecule has 27 heavy (non-hydrogen) atoms. The number of hydrogen-bond acceptors (Lipinski definition) is 4. The van der Waals surface area contributed by atoms with Crippen LogP contribution in [0.3, 0.4) is 0 Å². The Kier molecular flexibility index (Phi) is 6.36. The number of ketones is 1. The summed E-state index contributed by atoms with van der Waals surface area (Å²) in [6.07, 6.45) is 0.977.